The summed E-state index contributed by atoms with van der Waals surface area (Å²) in [5.74, 6) is -5.16. The number of halogens is 3. The number of alkyl halides is 2. The van der Waals surface area contributed by atoms with Crippen LogP contribution in [0.25, 0.3) is 11.0 Å². The molecule has 1 aliphatic rings. The highest BCUT2D eigenvalue weighted by molar-refractivity contribution is 7.89. The number of nitrogens with zero attached hydrogens (tertiary/aromatic N) is 4. The van der Waals surface area contributed by atoms with Gasteiger partial charge in [0.05, 0.1) is 11.0 Å². The third-order valence-electron chi connectivity index (χ3n) is 5.34. The van der Waals surface area contributed by atoms with Crippen molar-refractivity contribution in [1.82, 2.24) is 15.0 Å². The molecule has 9 nitrogen and oxygen atoms in total. The maximum atomic E-state index is 14.0. The Labute approximate surface area is 186 Å². The highest BCUT2D eigenvalue weighted by Gasteiger charge is 2.42. The van der Waals surface area contributed by atoms with Crippen molar-refractivity contribution in [3.05, 3.63) is 48.0 Å². The number of sulfonamides is 1. The van der Waals surface area contributed by atoms with Gasteiger partial charge < -0.3 is 10.2 Å². The molecular formula is C20H19F3N6O3S. The second kappa shape index (κ2) is 8.23. The molecule has 13 heteroatoms. The van der Waals surface area contributed by atoms with Gasteiger partial charge in [-0.3, -0.25) is 4.79 Å². The first-order chi connectivity index (χ1) is 15.4. The van der Waals surface area contributed by atoms with Crippen molar-refractivity contribution in [3.63, 3.8) is 0 Å². The third kappa shape index (κ3) is 4.73. The van der Waals surface area contributed by atoms with E-state index in [1.54, 1.807) is 0 Å². The summed E-state index contributed by atoms with van der Waals surface area (Å²) in [5, 5.41) is 7.10. The first kappa shape index (κ1) is 22.9. The highest BCUT2D eigenvalue weighted by atomic mass is 32.2. The summed E-state index contributed by atoms with van der Waals surface area (Å²) < 4.78 is 64.8. The topological polar surface area (TPSA) is 131 Å². The van der Waals surface area contributed by atoms with Gasteiger partial charge >= 0.3 is 0 Å². The number of carbonyl (C=O) groups excluding carboxylic acids is 1. The van der Waals surface area contributed by atoms with E-state index in [4.69, 9.17) is 5.14 Å². The number of primary sulfonamides is 1. The molecule has 0 radical (unpaired) electrons. The zero-order valence-electron chi connectivity index (χ0n) is 17.3. The van der Waals surface area contributed by atoms with Gasteiger partial charge in [0.15, 0.2) is 16.5 Å². The number of anilines is 2. The summed E-state index contributed by atoms with van der Waals surface area (Å²) in [4.78, 5) is 26.9. The second-order valence-electron chi connectivity index (χ2n) is 7.77. The van der Waals surface area contributed by atoms with Crippen LogP contribution >= 0.6 is 0 Å². The van der Waals surface area contributed by atoms with E-state index >= 15 is 0 Å². The number of nitrogens with one attached hydrogen (secondary N) is 1. The van der Waals surface area contributed by atoms with Crippen molar-refractivity contribution in [2.24, 2.45) is 11.1 Å². The fourth-order valence-electron chi connectivity index (χ4n) is 3.50. The summed E-state index contributed by atoms with van der Waals surface area (Å²) in [6, 6.07) is 6.06. The second-order valence-corrected chi connectivity index (χ2v) is 9.28. The average molecular weight is 480 g/mol. The van der Waals surface area contributed by atoms with E-state index in [-0.39, 0.29) is 41.3 Å². The maximum absolute atomic E-state index is 14.0. The van der Waals surface area contributed by atoms with Gasteiger partial charge in [-0.05, 0) is 18.2 Å². The van der Waals surface area contributed by atoms with E-state index in [9.17, 15) is 26.4 Å². The Kier molecular flexibility index (Phi) is 5.70. The smallest absolute Gasteiger partial charge is 0.278 e. The average Bonchev–Trinajstić information content (AvgIpc) is 2.74. The Morgan fingerprint density at radius 1 is 1.21 bits per heavy atom. The summed E-state index contributed by atoms with van der Waals surface area (Å²) in [6.45, 7) is 1.27. The van der Waals surface area contributed by atoms with Crippen LogP contribution < -0.4 is 15.4 Å². The van der Waals surface area contributed by atoms with Crippen LogP contribution in [0.4, 0.5) is 24.7 Å². The molecule has 174 valence electrons. The van der Waals surface area contributed by atoms with Crippen LogP contribution in [0.5, 0.6) is 0 Å². The Bertz CT molecular complexity index is 1350. The lowest BCUT2D eigenvalue weighted by atomic mass is 9.95. The van der Waals surface area contributed by atoms with Gasteiger partial charge in [-0.1, -0.05) is 6.92 Å². The third-order valence-corrected chi connectivity index (χ3v) is 6.14. The minimum atomic E-state index is -4.11. The molecule has 3 heterocycles. The zero-order valence-corrected chi connectivity index (χ0v) is 18.1. The molecule has 0 aliphatic carbocycles. The van der Waals surface area contributed by atoms with Crippen LogP contribution in [0.2, 0.25) is 0 Å². The molecule has 33 heavy (non-hydrogen) atoms. The van der Waals surface area contributed by atoms with Crippen molar-refractivity contribution >= 4 is 38.5 Å². The lowest BCUT2D eigenvalue weighted by Gasteiger charge is -2.37. The van der Waals surface area contributed by atoms with E-state index in [1.165, 1.54) is 30.0 Å². The summed E-state index contributed by atoms with van der Waals surface area (Å²) in [7, 11) is -4.11. The monoisotopic (exact) mass is 480 g/mol. The molecule has 3 aromatic rings. The lowest BCUT2D eigenvalue weighted by Crippen LogP contribution is -2.46. The van der Waals surface area contributed by atoms with Crippen LogP contribution in [0.1, 0.15) is 23.8 Å². The van der Waals surface area contributed by atoms with Gasteiger partial charge in [-0.2, -0.15) is 0 Å². The maximum Gasteiger partial charge on any atom is 0.278 e. The number of piperidine rings is 1. The Balaban J connectivity index is 1.75. The van der Waals surface area contributed by atoms with Crippen molar-refractivity contribution in [2.45, 2.75) is 24.3 Å². The number of benzene rings is 1. The molecule has 1 unspecified atom stereocenters. The standard InChI is InChI=1S/C20H19F3N6O3S/c1-11-10-29(7-5-20(11,22)23)18-17(27-15-8-12(21)2-3-14(15)28-18)19(30)26-13-4-6-25-16(9-13)33(24,31)32/h2-4,6,8-9,11H,5,7,10H2,1H3,(H2,24,31,32)(H,25,26,30). The molecule has 2 aromatic heterocycles. The van der Waals surface area contributed by atoms with Crippen LogP contribution in [0.3, 0.4) is 0 Å². The van der Waals surface area contributed by atoms with Crippen LogP contribution in [0, 0.1) is 11.7 Å². The SMILES string of the molecule is CC1CN(c2nc3ccc(F)cc3nc2C(=O)Nc2ccnc(S(N)(=O)=O)c2)CCC1(F)F. The summed E-state index contributed by atoms with van der Waals surface area (Å²) in [5.41, 5.74) is 0.219. The van der Waals surface area contributed by atoms with Gasteiger partial charge in [0.1, 0.15) is 5.82 Å². The molecule has 0 saturated carbocycles. The van der Waals surface area contributed by atoms with Crippen molar-refractivity contribution < 1.29 is 26.4 Å². The molecule has 1 saturated heterocycles. The predicted molar refractivity (Wildman–Crippen MR) is 114 cm³/mol. The molecule has 4 rings (SSSR count). The molecule has 0 bridgehead atoms. The molecular weight excluding hydrogens is 461 g/mol. The first-order valence-corrected chi connectivity index (χ1v) is 11.4. The van der Waals surface area contributed by atoms with Crippen molar-refractivity contribution in [2.75, 3.05) is 23.3 Å². The number of hydrogen-bond donors (Lipinski definition) is 2. The highest BCUT2D eigenvalue weighted by Crippen LogP contribution is 2.35. The van der Waals surface area contributed by atoms with E-state index in [1.807, 2.05) is 0 Å². The van der Waals surface area contributed by atoms with E-state index in [0.29, 0.717) is 0 Å². The molecule has 1 fully saturated rings. The molecule has 0 spiro atoms. The fourth-order valence-corrected chi connectivity index (χ4v) is 4.00. The number of amides is 1. The number of hydrogen-bond acceptors (Lipinski definition) is 7. The number of fused-ring (bicyclic) bond motifs is 1. The Morgan fingerprint density at radius 3 is 2.67 bits per heavy atom. The zero-order chi connectivity index (χ0) is 24.0. The number of nitrogens with two attached hydrogens (primary N) is 1. The van der Waals surface area contributed by atoms with Crippen molar-refractivity contribution in [1.29, 1.82) is 0 Å². The summed E-state index contributed by atoms with van der Waals surface area (Å²) in [6.07, 6.45) is 0.715. The first-order valence-electron chi connectivity index (χ1n) is 9.84. The molecule has 1 aliphatic heterocycles. The van der Waals surface area contributed by atoms with Crippen LogP contribution in [0.15, 0.2) is 41.6 Å². The van der Waals surface area contributed by atoms with Crippen LogP contribution in [-0.4, -0.2) is 48.3 Å². The van der Waals surface area contributed by atoms with Gasteiger partial charge in [0.25, 0.3) is 21.9 Å². The predicted octanol–water partition coefficient (Wildman–Crippen LogP) is 2.55. The minimum absolute atomic E-state index is 0.0599. The molecule has 1 atom stereocenters. The van der Waals surface area contributed by atoms with Gasteiger partial charge in [0.2, 0.25) is 0 Å². The van der Waals surface area contributed by atoms with Gasteiger partial charge in [0, 0.05) is 49.4 Å². The fraction of sp³-hybridized carbons (Fsp3) is 0.300. The van der Waals surface area contributed by atoms with Gasteiger partial charge in [-0.15, -0.1) is 0 Å². The number of pyridine rings is 1. The number of rotatable bonds is 4. The minimum Gasteiger partial charge on any atom is -0.354 e. The molecule has 1 amide bonds. The van der Waals surface area contributed by atoms with E-state index in [0.717, 1.165) is 18.3 Å². The summed E-state index contributed by atoms with van der Waals surface area (Å²) >= 11 is 0. The quantitative estimate of drug-likeness (QED) is 0.587. The lowest BCUT2D eigenvalue weighted by molar-refractivity contribution is -0.0652. The van der Waals surface area contributed by atoms with Crippen LogP contribution in [-0.2, 0) is 10.0 Å². The molecule has 1 aromatic carbocycles. The van der Waals surface area contributed by atoms with E-state index < -0.39 is 45.0 Å². The number of carbonyl (C=O) groups is 1. The number of aromatic nitrogens is 3. The van der Waals surface area contributed by atoms with Gasteiger partial charge in [-0.25, -0.2) is 41.7 Å². The van der Waals surface area contributed by atoms with Crippen molar-refractivity contribution in [3.8, 4) is 0 Å². The molecule has 3 N–H and O–H groups in total. The largest absolute Gasteiger partial charge is 0.354 e. The van der Waals surface area contributed by atoms with E-state index in [2.05, 4.69) is 20.3 Å². The normalized spacial score (nSPS) is 18.3. The Morgan fingerprint density at radius 2 is 1.97 bits per heavy atom. The Hall–Kier alpha value is -3.32.